The first-order valence-electron chi connectivity index (χ1n) is 6.15. The number of methoxy groups -OCH3 is 2. The summed E-state index contributed by atoms with van der Waals surface area (Å²) < 4.78 is 16.0. The Morgan fingerprint density at radius 2 is 2.00 bits per heavy atom. The minimum absolute atomic E-state index is 0.0958. The van der Waals surface area contributed by atoms with Crippen molar-refractivity contribution in [1.82, 2.24) is 0 Å². The van der Waals surface area contributed by atoms with Crippen molar-refractivity contribution in [2.75, 3.05) is 14.2 Å². The SMILES string of the molecule is C=Cc1ccccc1CO[SiH2]CCC(OC)OC. The van der Waals surface area contributed by atoms with E-state index < -0.39 is 9.76 Å². The maximum atomic E-state index is 5.78. The van der Waals surface area contributed by atoms with E-state index >= 15 is 0 Å². The van der Waals surface area contributed by atoms with Gasteiger partial charge in [-0.2, -0.15) is 0 Å². The summed E-state index contributed by atoms with van der Waals surface area (Å²) in [4.78, 5) is 0. The molecule has 100 valence electrons. The van der Waals surface area contributed by atoms with Crippen LogP contribution in [0, 0.1) is 0 Å². The molecule has 1 rings (SSSR count). The van der Waals surface area contributed by atoms with Crippen molar-refractivity contribution >= 4 is 15.8 Å². The van der Waals surface area contributed by atoms with E-state index in [0.29, 0.717) is 6.61 Å². The van der Waals surface area contributed by atoms with Gasteiger partial charge in [0.05, 0.1) is 6.61 Å². The highest BCUT2D eigenvalue weighted by atomic mass is 28.2. The predicted octanol–water partition coefficient (Wildman–Crippen LogP) is 2.36. The molecule has 0 amide bonds. The van der Waals surface area contributed by atoms with Gasteiger partial charge in [0.1, 0.15) is 0 Å². The molecule has 18 heavy (non-hydrogen) atoms. The van der Waals surface area contributed by atoms with E-state index in [9.17, 15) is 0 Å². The Labute approximate surface area is 112 Å². The summed E-state index contributed by atoms with van der Waals surface area (Å²) >= 11 is 0. The van der Waals surface area contributed by atoms with Crippen molar-refractivity contribution in [1.29, 1.82) is 0 Å². The summed E-state index contributed by atoms with van der Waals surface area (Å²) in [5.74, 6) is 0. The lowest BCUT2D eigenvalue weighted by atomic mass is 10.1. The maximum Gasteiger partial charge on any atom is 0.162 e. The molecule has 0 aliphatic rings. The van der Waals surface area contributed by atoms with Gasteiger partial charge in [0.2, 0.25) is 0 Å². The quantitative estimate of drug-likeness (QED) is 0.390. The monoisotopic (exact) mass is 266 g/mol. The topological polar surface area (TPSA) is 27.7 Å². The molecular weight excluding hydrogens is 244 g/mol. The van der Waals surface area contributed by atoms with Gasteiger partial charge in [0, 0.05) is 14.2 Å². The number of benzene rings is 1. The molecule has 1 aromatic rings. The largest absolute Gasteiger partial charge is 0.420 e. The number of ether oxygens (including phenoxy) is 2. The van der Waals surface area contributed by atoms with Crippen LogP contribution in [-0.2, 0) is 20.5 Å². The molecule has 0 spiro atoms. The minimum atomic E-state index is -0.512. The zero-order valence-corrected chi connectivity index (χ0v) is 12.6. The first-order valence-corrected chi connectivity index (χ1v) is 7.73. The van der Waals surface area contributed by atoms with Gasteiger partial charge >= 0.3 is 0 Å². The van der Waals surface area contributed by atoms with Crippen LogP contribution in [0.1, 0.15) is 17.5 Å². The zero-order chi connectivity index (χ0) is 13.2. The fraction of sp³-hybridized carbons (Fsp3) is 0.429. The van der Waals surface area contributed by atoms with Crippen molar-refractivity contribution in [3.05, 3.63) is 42.0 Å². The van der Waals surface area contributed by atoms with Crippen LogP contribution in [0.5, 0.6) is 0 Å². The van der Waals surface area contributed by atoms with E-state index in [-0.39, 0.29) is 6.29 Å². The molecule has 1 aromatic carbocycles. The van der Waals surface area contributed by atoms with Crippen LogP contribution in [0.25, 0.3) is 6.08 Å². The molecule has 4 heteroatoms. The van der Waals surface area contributed by atoms with Gasteiger partial charge in [0.15, 0.2) is 16.1 Å². The van der Waals surface area contributed by atoms with Crippen LogP contribution in [-0.4, -0.2) is 30.3 Å². The van der Waals surface area contributed by atoms with Crippen LogP contribution < -0.4 is 0 Å². The molecule has 0 saturated carbocycles. The summed E-state index contributed by atoms with van der Waals surface area (Å²) in [6, 6.07) is 9.24. The Kier molecular flexibility index (Phi) is 7.60. The standard InChI is InChI=1S/C14H22O3Si/c1-4-12-7-5-6-8-13(12)11-17-18-10-9-14(15-2)16-3/h4-8,14H,1,9-11,18H2,2-3H3. The lowest BCUT2D eigenvalue weighted by Gasteiger charge is -2.13. The van der Waals surface area contributed by atoms with Crippen molar-refractivity contribution in [3.8, 4) is 0 Å². The summed E-state index contributed by atoms with van der Waals surface area (Å²) in [6.07, 6.45) is 2.68. The van der Waals surface area contributed by atoms with Crippen LogP contribution in [0.4, 0.5) is 0 Å². The average molecular weight is 266 g/mol. The Morgan fingerprint density at radius 3 is 2.67 bits per heavy atom. The van der Waals surface area contributed by atoms with Crippen LogP contribution >= 0.6 is 0 Å². The van der Waals surface area contributed by atoms with E-state index in [4.69, 9.17) is 13.9 Å². The maximum absolute atomic E-state index is 5.78. The molecule has 0 aromatic heterocycles. The van der Waals surface area contributed by atoms with Crippen molar-refractivity contribution in [2.45, 2.75) is 25.4 Å². The molecule has 0 radical (unpaired) electrons. The van der Waals surface area contributed by atoms with Crippen LogP contribution in [0.2, 0.25) is 6.04 Å². The van der Waals surface area contributed by atoms with Crippen LogP contribution in [0.15, 0.2) is 30.8 Å². The van der Waals surface area contributed by atoms with E-state index in [0.717, 1.165) is 18.0 Å². The summed E-state index contributed by atoms with van der Waals surface area (Å²) in [5.41, 5.74) is 2.35. The highest BCUT2D eigenvalue weighted by Crippen LogP contribution is 2.11. The Hall–Kier alpha value is -0.943. The molecule has 0 bridgehead atoms. The van der Waals surface area contributed by atoms with E-state index in [1.54, 1.807) is 14.2 Å². The summed E-state index contributed by atoms with van der Waals surface area (Å²) in [6.45, 7) is 4.48. The first kappa shape index (κ1) is 15.1. The lowest BCUT2D eigenvalue weighted by Crippen LogP contribution is -2.14. The van der Waals surface area contributed by atoms with E-state index in [2.05, 4.69) is 18.7 Å². The van der Waals surface area contributed by atoms with Gasteiger partial charge in [-0.15, -0.1) is 0 Å². The summed E-state index contributed by atoms with van der Waals surface area (Å²) in [5, 5.41) is 0. The van der Waals surface area contributed by atoms with E-state index in [1.807, 2.05) is 18.2 Å². The second-order valence-electron chi connectivity index (χ2n) is 4.00. The normalized spacial score (nSPS) is 11.5. The lowest BCUT2D eigenvalue weighted by molar-refractivity contribution is -0.103. The van der Waals surface area contributed by atoms with Gasteiger partial charge in [-0.05, 0) is 23.6 Å². The van der Waals surface area contributed by atoms with Gasteiger partial charge < -0.3 is 13.9 Å². The highest BCUT2D eigenvalue weighted by Gasteiger charge is 2.04. The third kappa shape index (κ3) is 5.14. The Bertz CT molecular complexity index is 351. The highest BCUT2D eigenvalue weighted by molar-refractivity contribution is 6.26. The molecule has 0 fully saturated rings. The molecule has 0 saturated heterocycles. The predicted molar refractivity (Wildman–Crippen MR) is 77.1 cm³/mol. The molecule has 0 aliphatic carbocycles. The second kappa shape index (κ2) is 9.05. The van der Waals surface area contributed by atoms with Gasteiger partial charge in [-0.3, -0.25) is 0 Å². The third-order valence-electron chi connectivity index (χ3n) is 2.79. The molecule has 0 aliphatic heterocycles. The van der Waals surface area contributed by atoms with E-state index in [1.165, 1.54) is 5.56 Å². The molecular formula is C14H22O3Si. The second-order valence-corrected chi connectivity index (χ2v) is 5.52. The fourth-order valence-corrected chi connectivity index (χ4v) is 2.80. The van der Waals surface area contributed by atoms with Gasteiger partial charge in [-0.25, -0.2) is 0 Å². The smallest absolute Gasteiger partial charge is 0.162 e. The van der Waals surface area contributed by atoms with Gasteiger partial charge in [-0.1, -0.05) is 36.9 Å². The molecule has 0 N–H and O–H groups in total. The summed E-state index contributed by atoms with van der Waals surface area (Å²) in [7, 11) is 2.82. The fourth-order valence-electron chi connectivity index (χ4n) is 1.73. The van der Waals surface area contributed by atoms with Crippen molar-refractivity contribution in [2.24, 2.45) is 0 Å². The Morgan fingerprint density at radius 1 is 1.28 bits per heavy atom. The zero-order valence-electron chi connectivity index (χ0n) is 11.2. The molecule has 3 nitrogen and oxygen atoms in total. The minimum Gasteiger partial charge on any atom is -0.420 e. The molecule has 0 atom stereocenters. The first-order chi connectivity index (χ1) is 8.81. The molecule has 0 heterocycles. The number of hydrogen-bond acceptors (Lipinski definition) is 3. The molecule has 0 unspecified atom stereocenters. The van der Waals surface area contributed by atoms with Crippen LogP contribution in [0.3, 0.4) is 0 Å². The van der Waals surface area contributed by atoms with Crippen molar-refractivity contribution in [3.63, 3.8) is 0 Å². The third-order valence-corrected chi connectivity index (χ3v) is 3.98. The average Bonchev–Trinajstić information content (AvgIpc) is 2.43. The Balaban J connectivity index is 2.23. The van der Waals surface area contributed by atoms with Gasteiger partial charge in [0.25, 0.3) is 0 Å². The van der Waals surface area contributed by atoms with Crippen molar-refractivity contribution < 1.29 is 13.9 Å². The number of rotatable bonds is 9. The number of hydrogen-bond donors (Lipinski definition) is 0.